The first-order chi connectivity index (χ1) is 10.1. The maximum Gasteiger partial charge on any atom is 0.133 e. The summed E-state index contributed by atoms with van der Waals surface area (Å²) in [5.74, 6) is 2.11. The van der Waals surface area contributed by atoms with Gasteiger partial charge in [0, 0.05) is 24.1 Å². The Hall–Kier alpha value is -1.97. The summed E-state index contributed by atoms with van der Waals surface area (Å²) in [7, 11) is 0. The number of halogens is 1. The van der Waals surface area contributed by atoms with E-state index in [2.05, 4.69) is 15.3 Å². The van der Waals surface area contributed by atoms with Crippen LogP contribution >= 0.6 is 0 Å². The molecule has 1 aromatic heterocycles. The fourth-order valence-electron chi connectivity index (χ4n) is 2.43. The number of aromatic nitrogens is 2. The molecule has 21 heavy (non-hydrogen) atoms. The van der Waals surface area contributed by atoms with Crippen molar-refractivity contribution in [2.75, 3.05) is 11.9 Å². The van der Waals surface area contributed by atoms with E-state index in [9.17, 15) is 4.39 Å². The molecule has 1 saturated carbocycles. The zero-order valence-corrected chi connectivity index (χ0v) is 12.4. The summed E-state index contributed by atoms with van der Waals surface area (Å²) in [6.07, 6.45) is 4.16. The van der Waals surface area contributed by atoms with Gasteiger partial charge in [-0.3, -0.25) is 0 Å². The van der Waals surface area contributed by atoms with Gasteiger partial charge in [0.05, 0.1) is 0 Å². The molecule has 0 saturated heterocycles. The molecule has 1 aromatic carbocycles. The molecule has 4 heteroatoms. The van der Waals surface area contributed by atoms with Crippen molar-refractivity contribution in [1.82, 2.24) is 9.97 Å². The molecule has 0 atom stereocenters. The number of nitrogens with zero attached hydrogens (tertiary/aromatic N) is 2. The van der Waals surface area contributed by atoms with Crippen molar-refractivity contribution in [3.8, 4) is 0 Å². The Morgan fingerprint density at radius 3 is 2.71 bits per heavy atom. The lowest BCUT2D eigenvalue weighted by Gasteiger charge is -2.26. The largest absolute Gasteiger partial charge is 0.369 e. The SMILES string of the molecule is CC(C)(CNc1ccnc(C2CC2)n1)c1ccccc1F. The molecule has 1 aliphatic rings. The van der Waals surface area contributed by atoms with Crippen LogP contribution in [-0.2, 0) is 5.41 Å². The van der Waals surface area contributed by atoms with Crippen molar-refractivity contribution < 1.29 is 4.39 Å². The Morgan fingerprint density at radius 1 is 1.24 bits per heavy atom. The summed E-state index contributed by atoms with van der Waals surface area (Å²) in [5, 5.41) is 3.32. The number of rotatable bonds is 5. The van der Waals surface area contributed by atoms with Gasteiger partial charge in [-0.15, -0.1) is 0 Å². The Labute approximate surface area is 124 Å². The molecular weight excluding hydrogens is 265 g/mol. The summed E-state index contributed by atoms with van der Waals surface area (Å²) >= 11 is 0. The van der Waals surface area contributed by atoms with Gasteiger partial charge in [-0.05, 0) is 30.5 Å². The first kappa shape index (κ1) is 14.0. The zero-order chi connectivity index (χ0) is 14.9. The van der Waals surface area contributed by atoms with Crippen LogP contribution in [0.25, 0.3) is 0 Å². The topological polar surface area (TPSA) is 37.8 Å². The van der Waals surface area contributed by atoms with Gasteiger partial charge in [0.25, 0.3) is 0 Å². The normalized spacial score (nSPS) is 15.0. The second-order valence-corrected chi connectivity index (χ2v) is 6.29. The van der Waals surface area contributed by atoms with E-state index >= 15 is 0 Å². The molecule has 3 nitrogen and oxygen atoms in total. The molecule has 110 valence electrons. The Morgan fingerprint density at radius 2 is 2.00 bits per heavy atom. The molecule has 0 radical (unpaired) electrons. The Bertz CT molecular complexity index is 635. The van der Waals surface area contributed by atoms with Crippen LogP contribution in [0.4, 0.5) is 10.2 Å². The molecule has 0 aliphatic heterocycles. The van der Waals surface area contributed by atoms with Crippen LogP contribution in [0.1, 0.15) is 44.0 Å². The summed E-state index contributed by atoms with van der Waals surface area (Å²) in [5.41, 5.74) is 0.407. The van der Waals surface area contributed by atoms with Gasteiger partial charge in [0.2, 0.25) is 0 Å². The molecule has 0 bridgehead atoms. The molecule has 1 aliphatic carbocycles. The van der Waals surface area contributed by atoms with Crippen molar-refractivity contribution in [1.29, 1.82) is 0 Å². The minimum Gasteiger partial charge on any atom is -0.369 e. The van der Waals surface area contributed by atoms with E-state index in [1.807, 2.05) is 32.0 Å². The lowest BCUT2D eigenvalue weighted by Crippen LogP contribution is -2.29. The van der Waals surface area contributed by atoms with Crippen molar-refractivity contribution >= 4 is 5.82 Å². The highest BCUT2D eigenvalue weighted by Gasteiger charge is 2.27. The Kier molecular flexibility index (Phi) is 3.62. The molecule has 0 unspecified atom stereocenters. The smallest absolute Gasteiger partial charge is 0.133 e. The zero-order valence-electron chi connectivity index (χ0n) is 12.4. The number of benzene rings is 1. The van der Waals surface area contributed by atoms with Crippen LogP contribution in [0.15, 0.2) is 36.5 Å². The van der Waals surface area contributed by atoms with Gasteiger partial charge in [-0.1, -0.05) is 32.0 Å². The van der Waals surface area contributed by atoms with Gasteiger partial charge >= 0.3 is 0 Å². The van der Waals surface area contributed by atoms with Gasteiger partial charge in [-0.25, -0.2) is 14.4 Å². The van der Waals surface area contributed by atoms with Crippen LogP contribution in [0, 0.1) is 5.82 Å². The van der Waals surface area contributed by atoms with E-state index < -0.39 is 0 Å². The van der Waals surface area contributed by atoms with Crippen molar-refractivity contribution in [3.05, 3.63) is 53.7 Å². The predicted molar refractivity (Wildman–Crippen MR) is 81.9 cm³/mol. The summed E-state index contributed by atoms with van der Waals surface area (Å²) in [6.45, 7) is 4.68. The maximum absolute atomic E-state index is 13.9. The van der Waals surface area contributed by atoms with Gasteiger partial charge in [-0.2, -0.15) is 0 Å². The molecule has 0 amide bonds. The molecule has 1 heterocycles. The predicted octanol–water partition coefficient (Wildman–Crippen LogP) is 3.88. The molecule has 0 spiro atoms. The molecule has 1 N–H and O–H groups in total. The van der Waals surface area contributed by atoms with Crippen LogP contribution in [0.3, 0.4) is 0 Å². The second kappa shape index (κ2) is 5.43. The lowest BCUT2D eigenvalue weighted by atomic mass is 9.84. The number of hydrogen-bond acceptors (Lipinski definition) is 3. The van der Waals surface area contributed by atoms with E-state index in [1.54, 1.807) is 12.3 Å². The van der Waals surface area contributed by atoms with Crippen LogP contribution < -0.4 is 5.32 Å². The molecular formula is C17H20FN3. The third kappa shape index (κ3) is 3.20. The summed E-state index contributed by atoms with van der Waals surface area (Å²) in [4.78, 5) is 8.84. The van der Waals surface area contributed by atoms with E-state index in [-0.39, 0.29) is 11.2 Å². The van der Waals surface area contributed by atoms with E-state index in [4.69, 9.17) is 0 Å². The first-order valence-electron chi connectivity index (χ1n) is 7.38. The second-order valence-electron chi connectivity index (χ2n) is 6.29. The van der Waals surface area contributed by atoms with Crippen molar-refractivity contribution in [3.63, 3.8) is 0 Å². The summed E-state index contributed by atoms with van der Waals surface area (Å²) < 4.78 is 13.9. The number of anilines is 1. The van der Waals surface area contributed by atoms with Crippen LogP contribution in [0.5, 0.6) is 0 Å². The van der Waals surface area contributed by atoms with Crippen molar-refractivity contribution in [2.24, 2.45) is 0 Å². The van der Waals surface area contributed by atoms with E-state index in [0.717, 1.165) is 11.6 Å². The third-order valence-corrected chi connectivity index (χ3v) is 3.93. The first-order valence-corrected chi connectivity index (χ1v) is 7.38. The minimum absolute atomic E-state index is 0.161. The summed E-state index contributed by atoms with van der Waals surface area (Å²) in [6, 6.07) is 8.80. The van der Waals surface area contributed by atoms with Crippen molar-refractivity contribution in [2.45, 2.75) is 38.0 Å². The van der Waals surface area contributed by atoms with Gasteiger partial charge in [0.15, 0.2) is 0 Å². The third-order valence-electron chi connectivity index (χ3n) is 3.93. The fraction of sp³-hybridized carbons (Fsp3) is 0.412. The monoisotopic (exact) mass is 285 g/mol. The highest BCUT2D eigenvalue weighted by atomic mass is 19.1. The van der Waals surface area contributed by atoms with Crippen LogP contribution in [-0.4, -0.2) is 16.5 Å². The van der Waals surface area contributed by atoms with Crippen LogP contribution in [0.2, 0.25) is 0 Å². The average molecular weight is 285 g/mol. The van der Waals surface area contributed by atoms with E-state index in [0.29, 0.717) is 18.0 Å². The molecule has 3 rings (SSSR count). The Balaban J connectivity index is 1.71. The fourth-order valence-corrected chi connectivity index (χ4v) is 2.43. The maximum atomic E-state index is 13.9. The van der Waals surface area contributed by atoms with Gasteiger partial charge in [0.1, 0.15) is 17.5 Å². The van der Waals surface area contributed by atoms with Gasteiger partial charge < -0.3 is 5.32 Å². The number of nitrogens with one attached hydrogen (secondary N) is 1. The van der Waals surface area contributed by atoms with E-state index in [1.165, 1.54) is 18.9 Å². The lowest BCUT2D eigenvalue weighted by molar-refractivity contribution is 0.504. The highest BCUT2D eigenvalue weighted by molar-refractivity contribution is 5.36. The molecule has 2 aromatic rings. The minimum atomic E-state index is -0.309. The standard InChI is InChI=1S/C17H20FN3/c1-17(2,13-5-3-4-6-14(13)18)11-20-15-9-10-19-16(21-15)12-7-8-12/h3-6,9-10,12H,7-8,11H2,1-2H3,(H,19,20,21). The molecule has 1 fully saturated rings. The average Bonchev–Trinajstić information content (AvgIpc) is 3.31. The highest BCUT2D eigenvalue weighted by Crippen LogP contribution is 2.38. The quantitative estimate of drug-likeness (QED) is 0.906. The number of hydrogen-bond donors (Lipinski definition) is 1.